The molecule has 0 aliphatic heterocycles. The summed E-state index contributed by atoms with van der Waals surface area (Å²) in [6, 6.07) is 60.2. The summed E-state index contributed by atoms with van der Waals surface area (Å²) in [6.07, 6.45) is 6.43. The average Bonchev–Trinajstić information content (AvgIpc) is 3.66. The summed E-state index contributed by atoms with van der Waals surface area (Å²) in [5.41, 5.74) is 17.1. The van der Waals surface area contributed by atoms with Crippen LogP contribution >= 0.6 is 0 Å². The zero-order chi connectivity index (χ0) is 36.1. The van der Waals surface area contributed by atoms with Gasteiger partial charge in [-0.3, -0.25) is 0 Å². The van der Waals surface area contributed by atoms with E-state index >= 15 is 0 Å². The Morgan fingerprint density at radius 3 is 1.68 bits per heavy atom. The minimum Gasteiger partial charge on any atom is -0.310 e. The summed E-state index contributed by atoms with van der Waals surface area (Å²) in [6.45, 7) is 8.86. The second kappa shape index (κ2) is 13.0. The Hall–Kier alpha value is -6.38. The summed E-state index contributed by atoms with van der Waals surface area (Å²) in [4.78, 5) is 2.39. The van der Waals surface area contributed by atoms with Crippen molar-refractivity contribution in [3.63, 3.8) is 0 Å². The molecule has 0 N–H and O–H groups in total. The van der Waals surface area contributed by atoms with Crippen LogP contribution in [0.25, 0.3) is 55.3 Å². The Labute approximate surface area is 312 Å². The van der Waals surface area contributed by atoms with E-state index < -0.39 is 0 Å². The van der Waals surface area contributed by atoms with Crippen molar-refractivity contribution in [3.05, 3.63) is 199 Å². The van der Waals surface area contributed by atoms with Crippen LogP contribution in [0.3, 0.4) is 0 Å². The Morgan fingerprint density at radius 2 is 1.06 bits per heavy atom. The first-order valence-corrected chi connectivity index (χ1v) is 18.6. The molecule has 0 saturated carbocycles. The Morgan fingerprint density at radius 1 is 0.528 bits per heavy atom. The first-order chi connectivity index (χ1) is 26.0. The number of allylic oxidation sites excluding steroid dienone is 4. The second-order valence-electron chi connectivity index (χ2n) is 14.5. The minimum atomic E-state index is -0.0833. The predicted octanol–water partition coefficient (Wildman–Crippen LogP) is 14.2. The van der Waals surface area contributed by atoms with E-state index in [1.54, 1.807) is 0 Å². The van der Waals surface area contributed by atoms with E-state index in [4.69, 9.17) is 0 Å². The fraction of sp³-hybridized carbons (Fsp3) is 0.0980. The molecule has 0 radical (unpaired) electrons. The van der Waals surface area contributed by atoms with Gasteiger partial charge in [0.1, 0.15) is 0 Å². The van der Waals surface area contributed by atoms with Crippen molar-refractivity contribution in [1.29, 1.82) is 0 Å². The SMILES string of the molecule is C/C=C\C(=C/C)c1ccc(N(c2ccc(-c3ccc(-n4c5ccccc5c5ccccc54)cc3)cc2)c2ccc3c(c2)C(C)(C)c2ccccc2-3)cc1. The molecule has 0 fully saturated rings. The monoisotopic (exact) mass is 682 g/mol. The van der Waals surface area contributed by atoms with Gasteiger partial charge in [0, 0.05) is 38.9 Å². The maximum atomic E-state index is 2.40. The van der Waals surface area contributed by atoms with Crippen LogP contribution < -0.4 is 4.90 Å². The third-order valence-electron chi connectivity index (χ3n) is 11.1. The van der Waals surface area contributed by atoms with E-state index in [-0.39, 0.29) is 5.41 Å². The molecule has 1 aromatic heterocycles. The first kappa shape index (κ1) is 32.5. The van der Waals surface area contributed by atoms with Crippen LogP contribution in [0.2, 0.25) is 0 Å². The minimum absolute atomic E-state index is 0.0833. The van der Waals surface area contributed by atoms with Crippen molar-refractivity contribution in [2.45, 2.75) is 33.1 Å². The number of anilines is 3. The smallest absolute Gasteiger partial charge is 0.0541 e. The van der Waals surface area contributed by atoms with Gasteiger partial charge in [0.25, 0.3) is 0 Å². The van der Waals surface area contributed by atoms with Gasteiger partial charge in [-0.25, -0.2) is 0 Å². The maximum Gasteiger partial charge on any atom is 0.0541 e. The van der Waals surface area contributed by atoms with Crippen LogP contribution in [0, 0.1) is 0 Å². The third-order valence-corrected chi connectivity index (χ3v) is 11.1. The van der Waals surface area contributed by atoms with E-state index in [1.807, 2.05) is 0 Å². The van der Waals surface area contributed by atoms with E-state index in [2.05, 4.69) is 219 Å². The van der Waals surface area contributed by atoms with Gasteiger partial charge >= 0.3 is 0 Å². The summed E-state index contributed by atoms with van der Waals surface area (Å²) >= 11 is 0. The van der Waals surface area contributed by atoms with Gasteiger partial charge in [0.15, 0.2) is 0 Å². The highest BCUT2D eigenvalue weighted by molar-refractivity contribution is 6.09. The highest BCUT2D eigenvalue weighted by atomic mass is 15.1. The molecule has 0 atom stereocenters. The zero-order valence-corrected chi connectivity index (χ0v) is 30.7. The molecule has 7 aromatic carbocycles. The lowest BCUT2D eigenvalue weighted by atomic mass is 9.82. The highest BCUT2D eigenvalue weighted by Crippen LogP contribution is 2.50. The molecule has 0 bridgehead atoms. The molecule has 0 spiro atoms. The maximum absolute atomic E-state index is 2.40. The van der Waals surface area contributed by atoms with Crippen LogP contribution in [-0.4, -0.2) is 4.57 Å². The lowest BCUT2D eigenvalue weighted by Gasteiger charge is -2.28. The number of rotatable bonds is 7. The molecule has 8 aromatic rings. The van der Waals surface area contributed by atoms with Gasteiger partial charge in [-0.05, 0) is 119 Å². The summed E-state index contributed by atoms with van der Waals surface area (Å²) < 4.78 is 2.37. The summed E-state index contributed by atoms with van der Waals surface area (Å²) in [5, 5.41) is 2.55. The van der Waals surface area contributed by atoms with Crippen molar-refractivity contribution in [2.24, 2.45) is 0 Å². The molecule has 1 heterocycles. The van der Waals surface area contributed by atoms with Crippen LogP contribution in [0.15, 0.2) is 182 Å². The molecule has 53 heavy (non-hydrogen) atoms. The molecule has 256 valence electrons. The lowest BCUT2D eigenvalue weighted by molar-refractivity contribution is 0.660. The van der Waals surface area contributed by atoms with E-state index in [1.165, 1.54) is 66.3 Å². The first-order valence-electron chi connectivity index (χ1n) is 18.6. The van der Waals surface area contributed by atoms with Gasteiger partial charge < -0.3 is 9.47 Å². The molecule has 2 nitrogen and oxygen atoms in total. The van der Waals surface area contributed by atoms with Gasteiger partial charge in [-0.1, -0.05) is 135 Å². The molecule has 1 aliphatic carbocycles. The topological polar surface area (TPSA) is 8.17 Å². The number of benzene rings is 7. The van der Waals surface area contributed by atoms with Crippen LogP contribution in [-0.2, 0) is 5.41 Å². The molecule has 0 unspecified atom stereocenters. The number of para-hydroxylation sites is 2. The van der Waals surface area contributed by atoms with Gasteiger partial charge in [-0.15, -0.1) is 0 Å². The van der Waals surface area contributed by atoms with Crippen molar-refractivity contribution in [2.75, 3.05) is 4.90 Å². The van der Waals surface area contributed by atoms with Crippen LogP contribution in [0.5, 0.6) is 0 Å². The molecule has 1 aliphatic rings. The summed E-state index contributed by atoms with van der Waals surface area (Å²) in [5.74, 6) is 0. The quantitative estimate of drug-likeness (QED) is 0.152. The molecule has 0 amide bonds. The van der Waals surface area contributed by atoms with Crippen LogP contribution in [0.4, 0.5) is 17.1 Å². The summed E-state index contributed by atoms with van der Waals surface area (Å²) in [7, 11) is 0. The van der Waals surface area contributed by atoms with Gasteiger partial charge in [-0.2, -0.15) is 0 Å². The average molecular weight is 683 g/mol. The fourth-order valence-electron chi connectivity index (χ4n) is 8.43. The number of fused-ring (bicyclic) bond motifs is 6. The van der Waals surface area contributed by atoms with E-state index in [9.17, 15) is 0 Å². The number of hydrogen-bond acceptors (Lipinski definition) is 1. The lowest BCUT2D eigenvalue weighted by Crippen LogP contribution is -2.16. The number of hydrogen-bond donors (Lipinski definition) is 0. The highest BCUT2D eigenvalue weighted by Gasteiger charge is 2.35. The molecular formula is C51H42N2. The van der Waals surface area contributed by atoms with E-state index in [0.717, 1.165) is 22.7 Å². The molecular weight excluding hydrogens is 641 g/mol. The Bertz CT molecular complexity index is 2630. The number of nitrogens with zero attached hydrogens (tertiary/aromatic N) is 2. The largest absolute Gasteiger partial charge is 0.310 e. The van der Waals surface area contributed by atoms with Crippen molar-refractivity contribution in [3.8, 4) is 27.9 Å². The second-order valence-corrected chi connectivity index (χ2v) is 14.5. The molecule has 9 rings (SSSR count). The Kier molecular flexibility index (Phi) is 7.97. The van der Waals surface area contributed by atoms with E-state index in [0.29, 0.717) is 0 Å². The van der Waals surface area contributed by atoms with Crippen molar-refractivity contribution in [1.82, 2.24) is 4.57 Å². The van der Waals surface area contributed by atoms with Crippen LogP contribution in [0.1, 0.15) is 44.4 Å². The van der Waals surface area contributed by atoms with Gasteiger partial charge in [0.05, 0.1) is 11.0 Å². The number of aromatic nitrogens is 1. The Balaban J connectivity index is 1.09. The van der Waals surface area contributed by atoms with Gasteiger partial charge in [0.2, 0.25) is 0 Å². The third kappa shape index (κ3) is 5.41. The predicted molar refractivity (Wildman–Crippen MR) is 227 cm³/mol. The van der Waals surface area contributed by atoms with Crippen molar-refractivity contribution < 1.29 is 0 Å². The molecule has 2 heteroatoms. The normalized spacial score (nSPS) is 13.5. The standard InChI is InChI=1S/C51H42N2/c1-5-13-35(6-2)36-20-26-39(27-21-36)52(42-32-33-44-43-14-7-10-17-47(43)51(3,4)48(44)34-42)40-28-22-37(23-29-40)38-24-30-41(31-25-38)53-49-18-11-8-15-45(49)46-16-9-12-19-50(46)53/h5-34H,1-4H3/b13-5-,35-6+. The molecule has 0 saturated heterocycles. The fourth-order valence-corrected chi connectivity index (χ4v) is 8.43. The van der Waals surface area contributed by atoms with Crippen molar-refractivity contribution >= 4 is 44.4 Å². The zero-order valence-electron chi connectivity index (χ0n) is 30.7.